The highest BCUT2D eigenvalue weighted by molar-refractivity contribution is 5.91. The molecule has 0 unspecified atom stereocenters. The van der Waals surface area contributed by atoms with E-state index in [0.29, 0.717) is 19.7 Å². The molecule has 0 saturated heterocycles. The zero-order valence-electron chi connectivity index (χ0n) is 9.13. The number of hydrogen-bond donors (Lipinski definition) is 4. The van der Waals surface area contributed by atoms with Crippen molar-refractivity contribution in [3.8, 4) is 0 Å². The third-order valence-corrected chi connectivity index (χ3v) is 1.91. The first-order valence-corrected chi connectivity index (χ1v) is 4.99. The Bertz CT molecular complexity index is 371. The number of amides is 1. The molecule has 0 aromatic carbocycles. The second-order valence-corrected chi connectivity index (χ2v) is 3.16. The van der Waals surface area contributed by atoms with Crippen molar-refractivity contribution in [3.63, 3.8) is 0 Å². The molecular formula is C9H16N4O3. The lowest BCUT2D eigenvalue weighted by Gasteiger charge is -2.04. The standard InChI is InChI=1S/C9H16N4O3/c1-16-5-4-10-2-3-11-8(14)7-6-12-9(15)13-7/h6,10H,2-5H2,1H3,(H,11,14)(H2,12,13,15). The van der Waals surface area contributed by atoms with Gasteiger partial charge in [0.1, 0.15) is 5.69 Å². The van der Waals surface area contributed by atoms with E-state index in [0.717, 1.165) is 6.54 Å². The minimum atomic E-state index is -0.386. The van der Waals surface area contributed by atoms with Crippen LogP contribution in [0.5, 0.6) is 0 Å². The third-order valence-electron chi connectivity index (χ3n) is 1.91. The second-order valence-electron chi connectivity index (χ2n) is 3.16. The first kappa shape index (κ1) is 12.5. The van der Waals surface area contributed by atoms with Gasteiger partial charge in [0, 0.05) is 32.9 Å². The van der Waals surface area contributed by atoms with Gasteiger partial charge < -0.3 is 25.3 Å². The molecule has 1 heterocycles. The molecule has 0 fully saturated rings. The Kier molecular flexibility index (Phi) is 5.30. The summed E-state index contributed by atoms with van der Waals surface area (Å²) in [7, 11) is 1.63. The van der Waals surface area contributed by atoms with E-state index in [2.05, 4.69) is 20.6 Å². The predicted molar refractivity (Wildman–Crippen MR) is 58.5 cm³/mol. The monoisotopic (exact) mass is 228 g/mol. The zero-order valence-corrected chi connectivity index (χ0v) is 9.13. The van der Waals surface area contributed by atoms with Crippen molar-refractivity contribution in [1.29, 1.82) is 0 Å². The largest absolute Gasteiger partial charge is 0.383 e. The summed E-state index contributed by atoms with van der Waals surface area (Å²) in [4.78, 5) is 26.9. The summed E-state index contributed by atoms with van der Waals surface area (Å²) in [5.41, 5.74) is -0.148. The van der Waals surface area contributed by atoms with E-state index < -0.39 is 0 Å². The Balaban J connectivity index is 2.14. The molecule has 1 aromatic heterocycles. The smallest absolute Gasteiger partial charge is 0.323 e. The summed E-state index contributed by atoms with van der Waals surface area (Å²) in [5.74, 6) is -0.299. The Labute approximate surface area is 92.6 Å². The molecule has 0 spiro atoms. The Morgan fingerprint density at radius 3 is 2.88 bits per heavy atom. The average molecular weight is 228 g/mol. The normalized spacial score (nSPS) is 10.3. The van der Waals surface area contributed by atoms with Crippen LogP contribution in [0, 0.1) is 0 Å². The van der Waals surface area contributed by atoms with Crippen LogP contribution in [0.2, 0.25) is 0 Å². The molecule has 0 radical (unpaired) electrons. The van der Waals surface area contributed by atoms with Crippen molar-refractivity contribution in [2.24, 2.45) is 0 Å². The summed E-state index contributed by atoms with van der Waals surface area (Å²) >= 11 is 0. The highest BCUT2D eigenvalue weighted by Crippen LogP contribution is 1.85. The van der Waals surface area contributed by atoms with E-state index in [1.54, 1.807) is 7.11 Å². The van der Waals surface area contributed by atoms with Gasteiger partial charge in [-0.15, -0.1) is 0 Å². The van der Waals surface area contributed by atoms with Gasteiger partial charge in [0.15, 0.2) is 0 Å². The molecule has 0 aliphatic heterocycles. The Morgan fingerprint density at radius 1 is 1.44 bits per heavy atom. The quantitative estimate of drug-likeness (QED) is 0.434. The molecule has 1 rings (SSSR count). The topological polar surface area (TPSA) is 99.0 Å². The van der Waals surface area contributed by atoms with Crippen LogP contribution in [0.25, 0.3) is 0 Å². The Hall–Kier alpha value is -1.60. The highest BCUT2D eigenvalue weighted by Gasteiger charge is 2.05. The van der Waals surface area contributed by atoms with Gasteiger partial charge in [0.25, 0.3) is 5.91 Å². The van der Waals surface area contributed by atoms with Crippen molar-refractivity contribution in [2.45, 2.75) is 0 Å². The van der Waals surface area contributed by atoms with E-state index in [1.807, 2.05) is 0 Å². The molecule has 7 nitrogen and oxygen atoms in total. The minimum absolute atomic E-state index is 0.238. The number of carbonyl (C=O) groups is 1. The summed E-state index contributed by atoms with van der Waals surface area (Å²) in [6, 6.07) is 0. The molecule has 0 bridgehead atoms. The lowest BCUT2D eigenvalue weighted by Crippen LogP contribution is -2.33. The van der Waals surface area contributed by atoms with E-state index in [-0.39, 0.29) is 17.3 Å². The molecule has 90 valence electrons. The summed E-state index contributed by atoms with van der Waals surface area (Å²) in [6.45, 7) is 2.53. The van der Waals surface area contributed by atoms with Gasteiger partial charge in [0.05, 0.1) is 6.61 Å². The van der Waals surface area contributed by atoms with Crippen molar-refractivity contribution < 1.29 is 9.53 Å². The number of hydrogen-bond acceptors (Lipinski definition) is 4. The molecular weight excluding hydrogens is 212 g/mol. The second kappa shape index (κ2) is 6.81. The molecule has 4 N–H and O–H groups in total. The van der Waals surface area contributed by atoms with Gasteiger partial charge >= 0.3 is 5.69 Å². The fraction of sp³-hybridized carbons (Fsp3) is 0.556. The summed E-state index contributed by atoms with van der Waals surface area (Å²) in [6.07, 6.45) is 1.34. The predicted octanol–water partition coefficient (Wildman–Crippen LogP) is -1.33. The van der Waals surface area contributed by atoms with Crippen LogP contribution in [0.15, 0.2) is 11.0 Å². The molecule has 0 atom stereocenters. The number of ether oxygens (including phenoxy) is 1. The van der Waals surface area contributed by atoms with Crippen LogP contribution in [-0.4, -0.2) is 49.2 Å². The van der Waals surface area contributed by atoms with Gasteiger partial charge in [-0.25, -0.2) is 4.79 Å². The first-order chi connectivity index (χ1) is 7.74. The zero-order chi connectivity index (χ0) is 11.8. The van der Waals surface area contributed by atoms with Crippen molar-refractivity contribution >= 4 is 5.91 Å². The number of nitrogens with one attached hydrogen (secondary N) is 4. The lowest BCUT2D eigenvalue weighted by molar-refractivity contribution is 0.0949. The molecule has 0 saturated carbocycles. The van der Waals surface area contributed by atoms with E-state index >= 15 is 0 Å². The number of aromatic amines is 2. The number of carbonyl (C=O) groups excluding carboxylic acids is 1. The van der Waals surface area contributed by atoms with E-state index in [4.69, 9.17) is 4.74 Å². The van der Waals surface area contributed by atoms with Crippen LogP contribution < -0.4 is 16.3 Å². The highest BCUT2D eigenvalue weighted by atomic mass is 16.5. The molecule has 0 aliphatic carbocycles. The van der Waals surface area contributed by atoms with Crippen LogP contribution in [0.3, 0.4) is 0 Å². The summed E-state index contributed by atoms with van der Waals surface area (Å²) in [5, 5.41) is 5.74. The maximum Gasteiger partial charge on any atom is 0.323 e. The number of H-pyrrole nitrogens is 2. The minimum Gasteiger partial charge on any atom is -0.383 e. The van der Waals surface area contributed by atoms with E-state index in [9.17, 15) is 9.59 Å². The Morgan fingerprint density at radius 2 is 2.25 bits per heavy atom. The van der Waals surface area contributed by atoms with Crippen molar-refractivity contribution in [2.75, 3.05) is 33.4 Å². The van der Waals surface area contributed by atoms with Gasteiger partial charge in [-0.2, -0.15) is 0 Å². The van der Waals surface area contributed by atoms with Gasteiger partial charge in [-0.3, -0.25) is 4.79 Å². The van der Waals surface area contributed by atoms with Crippen LogP contribution in [-0.2, 0) is 4.74 Å². The molecule has 0 aliphatic rings. The molecule has 7 heteroatoms. The SMILES string of the molecule is COCCNCCNC(=O)c1c[nH]c(=O)[nH]1. The van der Waals surface area contributed by atoms with E-state index in [1.165, 1.54) is 6.20 Å². The number of methoxy groups -OCH3 is 1. The van der Waals surface area contributed by atoms with Gasteiger partial charge in [-0.05, 0) is 0 Å². The fourth-order valence-electron chi connectivity index (χ4n) is 1.11. The van der Waals surface area contributed by atoms with Gasteiger partial charge in [0.2, 0.25) is 0 Å². The van der Waals surface area contributed by atoms with Crippen LogP contribution in [0.4, 0.5) is 0 Å². The average Bonchev–Trinajstić information content (AvgIpc) is 2.70. The summed E-state index contributed by atoms with van der Waals surface area (Å²) < 4.78 is 4.85. The molecule has 1 amide bonds. The maximum absolute atomic E-state index is 11.4. The third kappa shape index (κ3) is 4.28. The molecule has 16 heavy (non-hydrogen) atoms. The maximum atomic E-state index is 11.4. The van der Waals surface area contributed by atoms with Crippen molar-refractivity contribution in [1.82, 2.24) is 20.6 Å². The van der Waals surface area contributed by atoms with Crippen LogP contribution in [0.1, 0.15) is 10.5 Å². The van der Waals surface area contributed by atoms with Crippen LogP contribution >= 0.6 is 0 Å². The first-order valence-electron chi connectivity index (χ1n) is 4.99. The number of rotatable bonds is 7. The van der Waals surface area contributed by atoms with Crippen molar-refractivity contribution in [3.05, 3.63) is 22.4 Å². The van der Waals surface area contributed by atoms with Gasteiger partial charge in [-0.1, -0.05) is 0 Å². The lowest BCUT2D eigenvalue weighted by atomic mass is 10.4. The fourth-order valence-corrected chi connectivity index (χ4v) is 1.11. The number of aromatic nitrogens is 2. The molecule has 1 aromatic rings. The number of imidazole rings is 1.